The molecule has 138 valence electrons. The number of amides is 1. The van der Waals surface area contributed by atoms with Crippen LogP contribution in [0.5, 0.6) is 5.75 Å². The van der Waals surface area contributed by atoms with Crippen molar-refractivity contribution in [2.75, 3.05) is 6.54 Å². The summed E-state index contributed by atoms with van der Waals surface area (Å²) in [7, 11) is -3.52. The number of phenols is 1. The molecule has 0 unspecified atom stereocenters. The van der Waals surface area contributed by atoms with Gasteiger partial charge in [-0.3, -0.25) is 4.79 Å². The fourth-order valence-electron chi connectivity index (χ4n) is 2.12. The van der Waals surface area contributed by atoms with Crippen molar-refractivity contribution in [1.29, 1.82) is 0 Å². The van der Waals surface area contributed by atoms with E-state index in [0.29, 0.717) is 24.2 Å². The van der Waals surface area contributed by atoms with Crippen LogP contribution < -0.4 is 10.1 Å². The molecule has 0 aliphatic carbocycles. The number of sulfonamides is 1. The molecule has 0 aromatic heterocycles. The summed E-state index contributed by atoms with van der Waals surface area (Å²) in [4.78, 5) is 12.2. The Bertz CT molecular complexity index is 906. The van der Waals surface area contributed by atoms with E-state index in [1.54, 1.807) is 31.2 Å². The molecule has 3 N–H and O–H groups in total. The largest absolute Gasteiger partial charge is 0.507 e. The summed E-state index contributed by atoms with van der Waals surface area (Å²) in [6, 6.07) is 12.4. The monoisotopic (exact) mass is 375 g/mol. The highest BCUT2D eigenvalue weighted by molar-refractivity contribution is 7.89. The van der Waals surface area contributed by atoms with Crippen LogP contribution >= 0.6 is 0 Å². The van der Waals surface area contributed by atoms with Gasteiger partial charge in [0.05, 0.1) is 16.2 Å². The highest BCUT2D eigenvalue weighted by atomic mass is 32.2. The van der Waals surface area contributed by atoms with Gasteiger partial charge < -0.3 is 5.11 Å². The lowest BCUT2D eigenvalue weighted by molar-refractivity contribution is 0.0952. The SMILES string of the molecule is CCCNS(=O)(=O)c1ccc(/C(C)=N\NC(=O)c2ccccc2O)cc1. The first-order chi connectivity index (χ1) is 12.3. The van der Waals surface area contributed by atoms with Crippen molar-refractivity contribution in [3.63, 3.8) is 0 Å². The first kappa shape index (κ1) is 19.6. The van der Waals surface area contributed by atoms with E-state index in [1.807, 2.05) is 6.92 Å². The minimum atomic E-state index is -3.52. The topological polar surface area (TPSA) is 108 Å². The molecule has 0 aliphatic rings. The first-order valence-electron chi connectivity index (χ1n) is 8.08. The zero-order valence-electron chi connectivity index (χ0n) is 14.6. The van der Waals surface area contributed by atoms with Gasteiger partial charge in [-0.2, -0.15) is 5.10 Å². The zero-order chi connectivity index (χ0) is 19.2. The second-order valence-corrected chi connectivity index (χ2v) is 7.34. The third kappa shape index (κ3) is 4.90. The fourth-order valence-corrected chi connectivity index (χ4v) is 3.25. The third-order valence-electron chi connectivity index (χ3n) is 3.60. The van der Waals surface area contributed by atoms with Crippen molar-refractivity contribution in [1.82, 2.24) is 10.1 Å². The van der Waals surface area contributed by atoms with Crippen LogP contribution in [0.4, 0.5) is 0 Å². The Kier molecular flexibility index (Phi) is 6.48. The molecule has 26 heavy (non-hydrogen) atoms. The molecule has 0 bridgehead atoms. The number of para-hydroxylation sites is 1. The molecule has 2 aromatic rings. The number of hydrogen-bond acceptors (Lipinski definition) is 5. The smallest absolute Gasteiger partial charge is 0.275 e. The van der Waals surface area contributed by atoms with Gasteiger partial charge in [0.15, 0.2) is 0 Å². The van der Waals surface area contributed by atoms with E-state index >= 15 is 0 Å². The van der Waals surface area contributed by atoms with Crippen LogP contribution in [0.1, 0.15) is 36.2 Å². The number of benzene rings is 2. The second-order valence-electron chi connectivity index (χ2n) is 5.58. The molecule has 2 rings (SSSR count). The molecule has 8 heteroatoms. The maximum atomic E-state index is 12.1. The third-order valence-corrected chi connectivity index (χ3v) is 5.08. The van der Waals surface area contributed by atoms with Crippen molar-refractivity contribution in [2.24, 2.45) is 5.10 Å². The Labute approximate surface area is 152 Å². The minimum absolute atomic E-state index is 0.118. The first-order valence-corrected chi connectivity index (χ1v) is 9.56. The lowest BCUT2D eigenvalue weighted by Gasteiger charge is -2.07. The van der Waals surface area contributed by atoms with Crippen LogP contribution in [0, 0.1) is 0 Å². The van der Waals surface area contributed by atoms with E-state index in [2.05, 4.69) is 15.2 Å². The Balaban J connectivity index is 2.10. The van der Waals surface area contributed by atoms with Crippen molar-refractivity contribution in [2.45, 2.75) is 25.2 Å². The predicted molar refractivity (Wildman–Crippen MR) is 99.7 cm³/mol. The fraction of sp³-hybridized carbons (Fsp3) is 0.222. The molecule has 0 fully saturated rings. The van der Waals surface area contributed by atoms with Gasteiger partial charge in [-0.15, -0.1) is 0 Å². The molecule has 0 radical (unpaired) electrons. The maximum absolute atomic E-state index is 12.1. The van der Waals surface area contributed by atoms with Crippen molar-refractivity contribution in [3.05, 3.63) is 59.7 Å². The second kappa shape index (κ2) is 8.59. The maximum Gasteiger partial charge on any atom is 0.275 e. The number of aromatic hydroxyl groups is 1. The summed E-state index contributed by atoms with van der Waals surface area (Å²) >= 11 is 0. The number of nitrogens with zero attached hydrogens (tertiary/aromatic N) is 1. The van der Waals surface area contributed by atoms with Gasteiger partial charge >= 0.3 is 0 Å². The number of carbonyl (C=O) groups is 1. The van der Waals surface area contributed by atoms with Gasteiger partial charge in [0.2, 0.25) is 10.0 Å². The van der Waals surface area contributed by atoms with Crippen molar-refractivity contribution >= 4 is 21.6 Å². The molecule has 0 spiro atoms. The summed E-state index contributed by atoms with van der Waals surface area (Å²) in [5.74, 6) is -0.669. The van der Waals surface area contributed by atoms with Crippen LogP contribution in [0.2, 0.25) is 0 Å². The molecule has 0 aliphatic heterocycles. The molecule has 0 atom stereocenters. The highest BCUT2D eigenvalue weighted by Gasteiger charge is 2.13. The number of hydrogen-bond donors (Lipinski definition) is 3. The van der Waals surface area contributed by atoms with Gasteiger partial charge in [0, 0.05) is 6.54 Å². The molecule has 1 amide bonds. The Morgan fingerprint density at radius 3 is 2.38 bits per heavy atom. The van der Waals surface area contributed by atoms with Gasteiger partial charge in [0.25, 0.3) is 5.91 Å². The molecule has 7 nitrogen and oxygen atoms in total. The number of carbonyl (C=O) groups excluding carboxylic acids is 1. The van der Waals surface area contributed by atoms with Gasteiger partial charge in [0.1, 0.15) is 5.75 Å². The molecule has 0 heterocycles. The van der Waals surface area contributed by atoms with E-state index in [1.165, 1.54) is 24.3 Å². The normalized spacial score (nSPS) is 12.0. The Hall–Kier alpha value is -2.71. The van der Waals surface area contributed by atoms with Crippen LogP contribution in [0.15, 0.2) is 58.5 Å². The molecular weight excluding hydrogens is 354 g/mol. The van der Waals surface area contributed by atoms with E-state index in [-0.39, 0.29) is 16.2 Å². The summed E-state index contributed by atoms with van der Waals surface area (Å²) in [5, 5.41) is 13.7. The molecule has 2 aromatic carbocycles. The summed E-state index contributed by atoms with van der Waals surface area (Å²) in [6.45, 7) is 3.95. The van der Waals surface area contributed by atoms with E-state index in [9.17, 15) is 18.3 Å². The lowest BCUT2D eigenvalue weighted by Crippen LogP contribution is -2.24. The number of rotatable bonds is 7. The average molecular weight is 375 g/mol. The van der Waals surface area contributed by atoms with Crippen molar-refractivity contribution in [3.8, 4) is 5.75 Å². The van der Waals surface area contributed by atoms with Gasteiger partial charge in [-0.05, 0) is 43.2 Å². The molecule has 0 saturated carbocycles. The zero-order valence-corrected chi connectivity index (χ0v) is 15.4. The van der Waals surface area contributed by atoms with Crippen LogP contribution in [-0.4, -0.2) is 31.7 Å². The van der Waals surface area contributed by atoms with Gasteiger partial charge in [-0.1, -0.05) is 31.2 Å². The summed E-state index contributed by atoms with van der Waals surface area (Å²) in [5.41, 5.74) is 3.65. The number of hydrazone groups is 1. The molecular formula is C18H21N3O4S. The van der Waals surface area contributed by atoms with E-state index < -0.39 is 15.9 Å². The Morgan fingerprint density at radius 2 is 1.77 bits per heavy atom. The average Bonchev–Trinajstić information content (AvgIpc) is 2.64. The van der Waals surface area contributed by atoms with Crippen LogP contribution in [0.25, 0.3) is 0 Å². The van der Waals surface area contributed by atoms with Gasteiger partial charge in [-0.25, -0.2) is 18.6 Å². The van der Waals surface area contributed by atoms with E-state index in [0.717, 1.165) is 0 Å². The summed E-state index contributed by atoms with van der Waals surface area (Å²) in [6.07, 6.45) is 0.708. The predicted octanol–water partition coefficient (Wildman–Crippen LogP) is 2.23. The van der Waals surface area contributed by atoms with E-state index in [4.69, 9.17) is 0 Å². The molecule has 0 saturated heterocycles. The minimum Gasteiger partial charge on any atom is -0.507 e. The highest BCUT2D eigenvalue weighted by Crippen LogP contribution is 2.15. The lowest BCUT2D eigenvalue weighted by atomic mass is 10.1. The quantitative estimate of drug-likeness (QED) is 0.509. The Morgan fingerprint density at radius 1 is 1.12 bits per heavy atom. The van der Waals surface area contributed by atoms with Crippen LogP contribution in [0.3, 0.4) is 0 Å². The number of nitrogens with one attached hydrogen (secondary N) is 2. The van der Waals surface area contributed by atoms with Crippen molar-refractivity contribution < 1.29 is 18.3 Å². The number of phenolic OH excluding ortho intramolecular Hbond substituents is 1. The summed E-state index contributed by atoms with van der Waals surface area (Å²) < 4.78 is 26.6. The standard InChI is InChI=1S/C18H21N3O4S/c1-3-12-19-26(24,25)15-10-8-14(9-11-15)13(2)20-21-18(23)16-6-4-5-7-17(16)22/h4-11,19,22H,3,12H2,1-2H3,(H,21,23)/b20-13-. The van der Waals surface area contributed by atoms with Crippen LogP contribution in [-0.2, 0) is 10.0 Å².